The Morgan fingerprint density at radius 1 is 0.838 bits per heavy atom. The second-order valence-electron chi connectivity index (χ2n) is 11.3. The van der Waals surface area contributed by atoms with E-state index in [-0.39, 0.29) is 40.8 Å². The van der Waals surface area contributed by atoms with Gasteiger partial charge < -0.3 is 10.6 Å². The van der Waals surface area contributed by atoms with Gasteiger partial charge in [-0.25, -0.2) is 8.42 Å². The zero-order valence-electron chi connectivity index (χ0n) is 22.1. The molecule has 0 aromatic heterocycles. The molecule has 1 heterocycles. The molecule has 0 radical (unpaired) electrons. The number of benzene rings is 2. The summed E-state index contributed by atoms with van der Waals surface area (Å²) in [6.45, 7) is 6.85. The number of hydrogen-bond acceptors (Lipinski definition) is 4. The van der Waals surface area contributed by atoms with E-state index >= 15 is 0 Å². The third-order valence-electron chi connectivity index (χ3n) is 7.56. The van der Waals surface area contributed by atoms with Gasteiger partial charge in [-0.2, -0.15) is 4.31 Å². The molecule has 0 spiro atoms. The SMILES string of the molecule is CC(C)(C)c1ccc(S(=O)(=O)N2CCCC(C(=O)N[C@@H]3CCCC[C@H]3NC(=O)c3ccccc3)C2)cc1. The molecule has 1 aliphatic heterocycles. The molecular weight excluding hydrogens is 486 g/mol. The van der Waals surface area contributed by atoms with E-state index in [0.29, 0.717) is 24.9 Å². The highest BCUT2D eigenvalue weighted by molar-refractivity contribution is 7.89. The van der Waals surface area contributed by atoms with Gasteiger partial charge in [0.1, 0.15) is 0 Å². The molecule has 2 fully saturated rings. The van der Waals surface area contributed by atoms with Crippen molar-refractivity contribution in [2.24, 2.45) is 5.92 Å². The normalized spacial score (nSPS) is 23.3. The largest absolute Gasteiger partial charge is 0.351 e. The van der Waals surface area contributed by atoms with E-state index in [4.69, 9.17) is 0 Å². The molecule has 37 heavy (non-hydrogen) atoms. The minimum atomic E-state index is -3.68. The fraction of sp³-hybridized carbons (Fsp3) is 0.517. The van der Waals surface area contributed by atoms with Crippen molar-refractivity contribution < 1.29 is 18.0 Å². The van der Waals surface area contributed by atoms with Crippen molar-refractivity contribution in [3.05, 3.63) is 65.7 Å². The van der Waals surface area contributed by atoms with Crippen LogP contribution >= 0.6 is 0 Å². The van der Waals surface area contributed by atoms with E-state index in [2.05, 4.69) is 31.4 Å². The lowest BCUT2D eigenvalue weighted by atomic mass is 9.87. The lowest BCUT2D eigenvalue weighted by molar-refractivity contribution is -0.127. The van der Waals surface area contributed by atoms with E-state index < -0.39 is 15.9 Å². The number of carbonyl (C=O) groups is 2. The standard InChI is InChI=1S/C29H39N3O4S/c1-29(2,3)23-15-17-24(18-16-23)37(35,36)32-19-9-12-22(20-32)28(34)31-26-14-8-7-13-25(26)30-27(33)21-10-5-4-6-11-21/h4-6,10-11,15-18,22,25-26H,7-9,12-14,19-20H2,1-3H3,(H,30,33)(H,31,34)/t22?,25-,26-/m1/s1. The summed E-state index contributed by atoms with van der Waals surface area (Å²) < 4.78 is 28.2. The third kappa shape index (κ3) is 6.60. The Bertz CT molecular complexity index is 1190. The highest BCUT2D eigenvalue weighted by atomic mass is 32.2. The Morgan fingerprint density at radius 2 is 1.46 bits per heavy atom. The lowest BCUT2D eigenvalue weighted by Crippen LogP contribution is -2.55. The number of nitrogens with one attached hydrogen (secondary N) is 2. The molecule has 1 saturated heterocycles. The minimum Gasteiger partial charge on any atom is -0.351 e. The summed E-state index contributed by atoms with van der Waals surface area (Å²) in [5, 5.41) is 6.26. The second kappa shape index (κ2) is 11.4. The maximum atomic E-state index is 13.4. The molecule has 1 unspecified atom stereocenters. The topological polar surface area (TPSA) is 95.6 Å². The van der Waals surface area contributed by atoms with Crippen LogP contribution in [0.15, 0.2) is 59.5 Å². The summed E-state index contributed by atoms with van der Waals surface area (Å²) in [4.78, 5) is 26.3. The number of nitrogens with zero attached hydrogens (tertiary/aromatic N) is 1. The molecule has 3 atom stereocenters. The van der Waals surface area contributed by atoms with Gasteiger partial charge in [-0.15, -0.1) is 0 Å². The van der Waals surface area contributed by atoms with Gasteiger partial charge in [0, 0.05) is 30.7 Å². The molecule has 4 rings (SSSR count). The van der Waals surface area contributed by atoms with Gasteiger partial charge in [0.25, 0.3) is 5.91 Å². The summed E-state index contributed by atoms with van der Waals surface area (Å²) in [7, 11) is -3.68. The summed E-state index contributed by atoms with van der Waals surface area (Å²) in [5.74, 6) is -0.683. The van der Waals surface area contributed by atoms with E-state index in [1.54, 1.807) is 24.3 Å². The summed E-state index contributed by atoms with van der Waals surface area (Å²) in [6, 6.07) is 15.9. The molecule has 2 amide bonds. The molecule has 2 aliphatic rings. The first-order valence-corrected chi connectivity index (χ1v) is 14.8. The summed E-state index contributed by atoms with van der Waals surface area (Å²) >= 11 is 0. The highest BCUT2D eigenvalue weighted by Gasteiger charge is 2.36. The summed E-state index contributed by atoms with van der Waals surface area (Å²) in [6.07, 6.45) is 4.86. The fourth-order valence-corrected chi connectivity index (χ4v) is 6.79. The number of piperidine rings is 1. The smallest absolute Gasteiger partial charge is 0.251 e. The zero-order valence-corrected chi connectivity index (χ0v) is 22.9. The quantitative estimate of drug-likeness (QED) is 0.590. The Hall–Kier alpha value is -2.71. The number of rotatable bonds is 6. The Balaban J connectivity index is 1.40. The van der Waals surface area contributed by atoms with Gasteiger partial charge in [0.2, 0.25) is 15.9 Å². The van der Waals surface area contributed by atoms with Gasteiger partial charge in [0.05, 0.1) is 10.8 Å². The van der Waals surface area contributed by atoms with Gasteiger partial charge in [-0.1, -0.05) is 63.9 Å². The molecule has 7 nitrogen and oxygen atoms in total. The molecule has 8 heteroatoms. The van der Waals surface area contributed by atoms with Crippen molar-refractivity contribution >= 4 is 21.8 Å². The van der Waals surface area contributed by atoms with Crippen molar-refractivity contribution in [1.82, 2.24) is 14.9 Å². The Kier molecular flexibility index (Phi) is 8.39. The number of sulfonamides is 1. The van der Waals surface area contributed by atoms with Crippen LogP contribution in [0.2, 0.25) is 0 Å². The van der Waals surface area contributed by atoms with E-state index in [9.17, 15) is 18.0 Å². The molecule has 2 aromatic rings. The van der Waals surface area contributed by atoms with Crippen LogP contribution < -0.4 is 10.6 Å². The maximum absolute atomic E-state index is 13.4. The molecule has 1 saturated carbocycles. The van der Waals surface area contributed by atoms with Gasteiger partial charge in [-0.05, 0) is 60.9 Å². The van der Waals surface area contributed by atoms with Crippen molar-refractivity contribution in [2.45, 2.75) is 81.7 Å². The molecular formula is C29H39N3O4S. The zero-order chi connectivity index (χ0) is 26.6. The molecule has 2 aromatic carbocycles. The molecule has 0 bridgehead atoms. The predicted octanol–water partition coefficient (Wildman–Crippen LogP) is 4.24. The molecule has 1 aliphatic carbocycles. The Morgan fingerprint density at radius 3 is 2.08 bits per heavy atom. The van der Waals surface area contributed by atoms with E-state index in [1.165, 1.54) is 4.31 Å². The maximum Gasteiger partial charge on any atom is 0.251 e. The van der Waals surface area contributed by atoms with Gasteiger partial charge in [0.15, 0.2) is 0 Å². The number of amides is 2. The molecule has 2 N–H and O–H groups in total. The van der Waals surface area contributed by atoms with Crippen molar-refractivity contribution in [2.75, 3.05) is 13.1 Å². The lowest BCUT2D eigenvalue weighted by Gasteiger charge is -2.36. The van der Waals surface area contributed by atoms with Crippen molar-refractivity contribution in [3.8, 4) is 0 Å². The van der Waals surface area contributed by atoms with Crippen molar-refractivity contribution in [1.29, 1.82) is 0 Å². The average molecular weight is 526 g/mol. The van der Waals surface area contributed by atoms with E-state index in [1.807, 2.05) is 30.3 Å². The van der Waals surface area contributed by atoms with Crippen LogP contribution in [-0.4, -0.2) is 49.7 Å². The predicted molar refractivity (Wildman–Crippen MR) is 145 cm³/mol. The first-order chi connectivity index (χ1) is 17.6. The van der Waals surface area contributed by atoms with Gasteiger partial charge >= 0.3 is 0 Å². The third-order valence-corrected chi connectivity index (χ3v) is 9.44. The van der Waals surface area contributed by atoms with Crippen LogP contribution in [0.4, 0.5) is 0 Å². The molecule has 200 valence electrons. The van der Waals surface area contributed by atoms with Crippen LogP contribution in [0.25, 0.3) is 0 Å². The van der Waals surface area contributed by atoms with Crippen LogP contribution in [0.1, 0.15) is 75.2 Å². The monoisotopic (exact) mass is 525 g/mol. The number of carbonyl (C=O) groups excluding carboxylic acids is 2. The van der Waals surface area contributed by atoms with Crippen LogP contribution in [0.3, 0.4) is 0 Å². The van der Waals surface area contributed by atoms with Gasteiger partial charge in [-0.3, -0.25) is 9.59 Å². The number of hydrogen-bond donors (Lipinski definition) is 2. The second-order valence-corrected chi connectivity index (χ2v) is 13.3. The first-order valence-electron chi connectivity index (χ1n) is 13.3. The van der Waals surface area contributed by atoms with Crippen LogP contribution in [0.5, 0.6) is 0 Å². The first kappa shape index (κ1) is 27.3. The fourth-order valence-electron chi connectivity index (χ4n) is 5.27. The van der Waals surface area contributed by atoms with Crippen molar-refractivity contribution in [3.63, 3.8) is 0 Å². The Labute approximate surface area is 221 Å². The summed E-state index contributed by atoms with van der Waals surface area (Å²) in [5.41, 5.74) is 1.61. The van der Waals surface area contributed by atoms with Crippen LogP contribution in [-0.2, 0) is 20.2 Å². The average Bonchev–Trinajstić information content (AvgIpc) is 2.90. The highest BCUT2D eigenvalue weighted by Crippen LogP contribution is 2.28. The van der Waals surface area contributed by atoms with E-state index in [0.717, 1.165) is 31.2 Å². The van der Waals surface area contributed by atoms with Crippen LogP contribution in [0, 0.1) is 5.92 Å². The minimum absolute atomic E-state index is 0.0614.